The highest BCUT2D eigenvalue weighted by Crippen LogP contribution is 2.29. The lowest BCUT2D eigenvalue weighted by molar-refractivity contribution is 0.0295. The molecule has 2 aromatic carbocycles. The molecule has 4 heterocycles. The highest BCUT2D eigenvalue weighted by atomic mass is 16.5. The molecule has 2 N–H and O–H groups in total. The van der Waals surface area contributed by atoms with Crippen LogP contribution in [0.15, 0.2) is 73.3 Å². The van der Waals surface area contributed by atoms with E-state index in [1.54, 1.807) is 6.20 Å². The molecule has 1 aliphatic heterocycles. The van der Waals surface area contributed by atoms with Crippen molar-refractivity contribution < 1.29 is 4.74 Å². The molecule has 6 rings (SSSR count). The highest BCUT2D eigenvalue weighted by molar-refractivity contribution is 5.84. The summed E-state index contributed by atoms with van der Waals surface area (Å²) in [5.41, 5.74) is 6.20. The Morgan fingerprint density at radius 1 is 1.06 bits per heavy atom. The smallest absolute Gasteiger partial charge is 0.180 e. The summed E-state index contributed by atoms with van der Waals surface area (Å²) in [6.07, 6.45) is 7.74. The van der Waals surface area contributed by atoms with Crippen LogP contribution in [0.3, 0.4) is 0 Å². The quantitative estimate of drug-likeness (QED) is 0.359. The van der Waals surface area contributed by atoms with E-state index in [1.165, 1.54) is 10.9 Å². The molecule has 0 atom stereocenters. The van der Waals surface area contributed by atoms with Gasteiger partial charge in [0, 0.05) is 66.6 Å². The van der Waals surface area contributed by atoms with Gasteiger partial charge in [0.15, 0.2) is 11.5 Å². The zero-order chi connectivity index (χ0) is 23.8. The molecule has 0 bridgehead atoms. The third-order valence-electron chi connectivity index (χ3n) is 6.88. The third kappa shape index (κ3) is 4.40. The van der Waals surface area contributed by atoms with Crippen molar-refractivity contribution in [3.8, 4) is 11.3 Å². The first-order valence-corrected chi connectivity index (χ1v) is 12.1. The Morgan fingerprint density at radius 3 is 2.71 bits per heavy atom. The first kappa shape index (κ1) is 21.8. The number of imidazole rings is 1. The van der Waals surface area contributed by atoms with Gasteiger partial charge in [0.2, 0.25) is 0 Å². The molecule has 178 valence electrons. The second-order valence-electron chi connectivity index (χ2n) is 9.89. The number of aromatic nitrogens is 4. The van der Waals surface area contributed by atoms with Crippen LogP contribution in [0.2, 0.25) is 0 Å². The summed E-state index contributed by atoms with van der Waals surface area (Å²) in [4.78, 5) is 15.3. The average Bonchev–Trinajstić information content (AvgIpc) is 3.54. The molecular weight excluding hydrogens is 436 g/mol. The molecule has 0 unspecified atom stereocenters. The number of H-pyrrole nitrogens is 1. The van der Waals surface area contributed by atoms with E-state index in [0.29, 0.717) is 0 Å². The number of fused-ring (bicyclic) bond motifs is 2. The monoisotopic (exact) mass is 466 g/mol. The molecule has 0 saturated carbocycles. The van der Waals surface area contributed by atoms with E-state index in [-0.39, 0.29) is 5.41 Å². The van der Waals surface area contributed by atoms with E-state index in [9.17, 15) is 0 Å². The number of ether oxygens (including phenoxy) is 1. The van der Waals surface area contributed by atoms with Gasteiger partial charge in [-0.15, -0.1) is 0 Å². The summed E-state index contributed by atoms with van der Waals surface area (Å²) >= 11 is 0. The number of hydrogen-bond donors (Lipinski definition) is 2. The maximum atomic E-state index is 5.50. The molecule has 7 heteroatoms. The van der Waals surface area contributed by atoms with E-state index in [0.717, 1.165) is 66.8 Å². The van der Waals surface area contributed by atoms with Crippen LogP contribution in [0, 0.1) is 0 Å². The van der Waals surface area contributed by atoms with Crippen molar-refractivity contribution in [2.45, 2.75) is 19.3 Å². The Kier molecular flexibility index (Phi) is 5.51. The topological polar surface area (TPSA) is 70.5 Å². The van der Waals surface area contributed by atoms with Crippen molar-refractivity contribution in [3.05, 3.63) is 78.9 Å². The number of morpholine rings is 1. The molecular formula is C28H30N6O. The van der Waals surface area contributed by atoms with Gasteiger partial charge in [-0.2, -0.15) is 0 Å². The first-order chi connectivity index (χ1) is 17.0. The van der Waals surface area contributed by atoms with Crippen LogP contribution in [0.4, 0.5) is 11.5 Å². The van der Waals surface area contributed by atoms with Gasteiger partial charge in [0.05, 0.1) is 18.9 Å². The van der Waals surface area contributed by atoms with Gasteiger partial charge < -0.3 is 19.4 Å². The molecule has 35 heavy (non-hydrogen) atoms. The van der Waals surface area contributed by atoms with Gasteiger partial charge in [-0.25, -0.2) is 9.97 Å². The number of anilines is 2. The maximum absolute atomic E-state index is 5.50. The number of hydrogen-bond acceptors (Lipinski definition) is 5. The number of rotatable bonds is 6. The molecule has 1 saturated heterocycles. The van der Waals surface area contributed by atoms with Gasteiger partial charge in [0.25, 0.3) is 0 Å². The zero-order valence-electron chi connectivity index (χ0n) is 20.2. The summed E-state index contributed by atoms with van der Waals surface area (Å²) < 4.78 is 7.52. The van der Waals surface area contributed by atoms with Crippen LogP contribution in [0.1, 0.15) is 19.4 Å². The zero-order valence-corrected chi connectivity index (χ0v) is 20.2. The Bertz CT molecular complexity index is 1460. The minimum Gasteiger partial charge on any atom is -0.379 e. The second kappa shape index (κ2) is 8.83. The van der Waals surface area contributed by atoms with Gasteiger partial charge >= 0.3 is 0 Å². The van der Waals surface area contributed by atoms with Crippen molar-refractivity contribution in [3.63, 3.8) is 0 Å². The summed E-state index contributed by atoms with van der Waals surface area (Å²) in [6, 6.07) is 17.1. The Morgan fingerprint density at radius 2 is 1.89 bits per heavy atom. The molecule has 7 nitrogen and oxygen atoms in total. The lowest BCUT2D eigenvalue weighted by Crippen LogP contribution is -2.43. The predicted octanol–water partition coefficient (Wildman–Crippen LogP) is 5.23. The van der Waals surface area contributed by atoms with E-state index in [4.69, 9.17) is 9.72 Å². The van der Waals surface area contributed by atoms with E-state index in [1.807, 2.05) is 23.0 Å². The van der Waals surface area contributed by atoms with Crippen molar-refractivity contribution in [1.29, 1.82) is 0 Å². The normalized spacial score (nSPS) is 15.1. The molecule has 3 aromatic heterocycles. The minimum atomic E-state index is 0.0564. The van der Waals surface area contributed by atoms with Crippen molar-refractivity contribution in [1.82, 2.24) is 24.3 Å². The molecule has 0 radical (unpaired) electrons. The standard InChI is InChI=1S/C28H30N6O/c1-28(2,19-33-13-15-35-16-14-33)22-5-7-23(8-6-22)31-26-27-30-11-12-34(27)18-25(32-26)21-4-3-20-9-10-29-24(20)17-21/h3-12,17-18,29H,13-16,19H2,1-2H3,(H,31,32). The summed E-state index contributed by atoms with van der Waals surface area (Å²) in [5, 5.41) is 4.69. The lowest BCUT2D eigenvalue weighted by atomic mass is 9.84. The predicted molar refractivity (Wildman–Crippen MR) is 140 cm³/mol. The molecule has 0 spiro atoms. The molecule has 1 fully saturated rings. The van der Waals surface area contributed by atoms with Gasteiger partial charge in [-0.05, 0) is 35.2 Å². The fourth-order valence-electron chi connectivity index (χ4n) is 4.91. The molecule has 0 amide bonds. The maximum Gasteiger partial charge on any atom is 0.180 e. The van der Waals surface area contributed by atoms with E-state index < -0.39 is 0 Å². The number of nitrogens with zero attached hydrogens (tertiary/aromatic N) is 4. The van der Waals surface area contributed by atoms with E-state index in [2.05, 4.69) is 82.6 Å². The van der Waals surface area contributed by atoms with Crippen LogP contribution in [0.25, 0.3) is 27.8 Å². The summed E-state index contributed by atoms with van der Waals surface area (Å²) in [5.74, 6) is 0.736. The largest absolute Gasteiger partial charge is 0.379 e. The van der Waals surface area contributed by atoms with Crippen LogP contribution in [-0.2, 0) is 10.2 Å². The van der Waals surface area contributed by atoms with Crippen molar-refractivity contribution in [2.75, 3.05) is 38.2 Å². The third-order valence-corrected chi connectivity index (χ3v) is 6.88. The molecule has 1 aliphatic rings. The van der Waals surface area contributed by atoms with Gasteiger partial charge in [-0.3, -0.25) is 4.90 Å². The number of nitrogens with one attached hydrogen (secondary N) is 2. The van der Waals surface area contributed by atoms with Gasteiger partial charge in [-0.1, -0.05) is 38.1 Å². The second-order valence-corrected chi connectivity index (χ2v) is 9.89. The fourth-order valence-corrected chi connectivity index (χ4v) is 4.91. The summed E-state index contributed by atoms with van der Waals surface area (Å²) in [6.45, 7) is 9.30. The van der Waals surface area contributed by atoms with E-state index >= 15 is 0 Å². The lowest BCUT2D eigenvalue weighted by Gasteiger charge is -2.35. The molecule has 5 aromatic rings. The average molecular weight is 467 g/mol. The number of aromatic amines is 1. The van der Waals surface area contributed by atoms with Crippen molar-refractivity contribution >= 4 is 28.1 Å². The SMILES string of the molecule is CC(C)(CN1CCOCC1)c1ccc(Nc2nc(-c3ccc4cc[nH]c4c3)cn3ccnc23)cc1. The van der Waals surface area contributed by atoms with Gasteiger partial charge in [0.1, 0.15) is 0 Å². The Labute approximate surface area is 204 Å². The number of benzene rings is 2. The highest BCUT2D eigenvalue weighted by Gasteiger charge is 2.25. The van der Waals surface area contributed by atoms with Crippen LogP contribution >= 0.6 is 0 Å². The first-order valence-electron chi connectivity index (χ1n) is 12.1. The van der Waals surface area contributed by atoms with Crippen LogP contribution in [-0.4, -0.2) is 57.1 Å². The van der Waals surface area contributed by atoms with Crippen LogP contribution < -0.4 is 5.32 Å². The fraction of sp³-hybridized carbons (Fsp3) is 0.286. The van der Waals surface area contributed by atoms with Crippen molar-refractivity contribution in [2.24, 2.45) is 0 Å². The van der Waals surface area contributed by atoms with Crippen LogP contribution in [0.5, 0.6) is 0 Å². The minimum absolute atomic E-state index is 0.0564. The Hall–Kier alpha value is -3.68. The molecule has 0 aliphatic carbocycles. The Balaban J connectivity index is 1.27. The summed E-state index contributed by atoms with van der Waals surface area (Å²) in [7, 11) is 0.